The van der Waals surface area contributed by atoms with Gasteiger partial charge in [0.25, 0.3) is 10.0 Å². The van der Waals surface area contributed by atoms with Gasteiger partial charge in [-0.3, -0.25) is 0 Å². The summed E-state index contributed by atoms with van der Waals surface area (Å²) in [6, 6.07) is 8.27. The van der Waals surface area contributed by atoms with Crippen molar-refractivity contribution in [3.8, 4) is 0 Å². The van der Waals surface area contributed by atoms with E-state index in [0.717, 1.165) is 8.39 Å². The number of sulfonamides is 1. The summed E-state index contributed by atoms with van der Waals surface area (Å²) in [4.78, 5) is 5.23. The Bertz CT molecular complexity index is 1420. The predicted molar refractivity (Wildman–Crippen MR) is 126 cm³/mol. The largest absolute Gasteiger partial charge is 0.354 e. The molecule has 1 fully saturated rings. The molecule has 34 heavy (non-hydrogen) atoms. The van der Waals surface area contributed by atoms with Gasteiger partial charge in [-0.25, -0.2) is 22.1 Å². The molecule has 0 atom stereocenters. The van der Waals surface area contributed by atoms with E-state index in [1.165, 1.54) is 56.8 Å². The van der Waals surface area contributed by atoms with Crippen LogP contribution in [0.3, 0.4) is 0 Å². The van der Waals surface area contributed by atoms with Crippen molar-refractivity contribution in [2.24, 2.45) is 0 Å². The molecular formula is C21H23ClFN5O4S2. The van der Waals surface area contributed by atoms with Crippen LogP contribution in [0.2, 0.25) is 5.02 Å². The van der Waals surface area contributed by atoms with E-state index in [2.05, 4.69) is 10.1 Å². The molecule has 1 saturated heterocycles. The summed E-state index contributed by atoms with van der Waals surface area (Å²) < 4.78 is 67.8. The molecule has 3 heterocycles. The molecule has 9 nitrogen and oxygen atoms in total. The molecule has 0 bridgehead atoms. The molecule has 2 aromatic heterocycles. The Hall–Kier alpha value is -2.54. The summed E-state index contributed by atoms with van der Waals surface area (Å²) in [5.74, 6) is -0.300. The highest BCUT2D eigenvalue weighted by Crippen LogP contribution is 2.31. The first-order chi connectivity index (χ1) is 16.0. The summed E-state index contributed by atoms with van der Waals surface area (Å²) >= 11 is 5.78. The third-order valence-electron chi connectivity index (χ3n) is 5.72. The van der Waals surface area contributed by atoms with Crippen molar-refractivity contribution in [1.82, 2.24) is 18.5 Å². The fourth-order valence-electron chi connectivity index (χ4n) is 3.87. The van der Waals surface area contributed by atoms with Gasteiger partial charge in [0.1, 0.15) is 9.79 Å². The normalized spacial score (nSPS) is 15.7. The monoisotopic (exact) mass is 527 g/mol. The number of piperidine rings is 1. The Balaban J connectivity index is 1.56. The summed E-state index contributed by atoms with van der Waals surface area (Å²) in [5, 5.41) is 4.50. The van der Waals surface area contributed by atoms with Gasteiger partial charge in [0.05, 0.1) is 10.7 Å². The van der Waals surface area contributed by atoms with Crippen LogP contribution in [0.1, 0.15) is 24.5 Å². The van der Waals surface area contributed by atoms with Gasteiger partial charge in [0, 0.05) is 45.5 Å². The minimum atomic E-state index is -4.25. The first-order valence-electron chi connectivity index (χ1n) is 10.4. The standard InChI is InChI=1S/C21H23ClFN5O4S2/c1-26(2)33(29,30)19-5-3-4-6-20(19)34(31,32)28-12-9-18(25-28)15-7-10-27(11-8-15)21-17(23)13-16(22)14-24-21/h3-6,9,12-15H,7-8,10-11H2,1-2H3. The van der Waals surface area contributed by atoms with Crippen LogP contribution in [0.4, 0.5) is 10.2 Å². The van der Waals surface area contributed by atoms with Crippen molar-refractivity contribution in [2.75, 3.05) is 32.1 Å². The minimum absolute atomic E-state index is 0.0381. The molecule has 4 rings (SSSR count). The Morgan fingerprint density at radius 2 is 1.71 bits per heavy atom. The highest BCUT2D eigenvalue weighted by Gasteiger charge is 2.31. The molecule has 3 aromatic rings. The first kappa shape index (κ1) is 24.6. The average molecular weight is 528 g/mol. The summed E-state index contributed by atoms with van der Waals surface area (Å²) in [6.07, 6.45) is 3.95. The number of hydrogen-bond donors (Lipinski definition) is 0. The van der Waals surface area contributed by atoms with Crippen LogP contribution in [-0.4, -0.2) is 62.5 Å². The lowest BCUT2D eigenvalue weighted by molar-refractivity contribution is 0.483. The second-order valence-electron chi connectivity index (χ2n) is 8.07. The summed E-state index contributed by atoms with van der Waals surface area (Å²) in [6.45, 7) is 1.03. The lowest BCUT2D eigenvalue weighted by Gasteiger charge is -2.32. The lowest BCUT2D eigenvalue weighted by atomic mass is 9.94. The number of aromatic nitrogens is 3. The molecule has 0 aliphatic carbocycles. The average Bonchev–Trinajstić information content (AvgIpc) is 3.30. The van der Waals surface area contributed by atoms with Crippen LogP contribution in [0.5, 0.6) is 0 Å². The zero-order chi connectivity index (χ0) is 24.7. The SMILES string of the molecule is CN(C)S(=O)(=O)c1ccccc1S(=O)(=O)n1ccc(C2CCN(c3ncc(Cl)cc3F)CC2)n1. The number of anilines is 1. The number of hydrogen-bond acceptors (Lipinski definition) is 7. The van der Waals surface area contributed by atoms with E-state index in [4.69, 9.17) is 11.6 Å². The van der Waals surface area contributed by atoms with Crippen LogP contribution in [0.15, 0.2) is 58.6 Å². The Labute approximate surface area is 202 Å². The number of pyridine rings is 1. The molecule has 1 aromatic carbocycles. The highest BCUT2D eigenvalue weighted by atomic mass is 35.5. The fraction of sp³-hybridized carbons (Fsp3) is 0.333. The van der Waals surface area contributed by atoms with E-state index in [1.54, 1.807) is 6.07 Å². The number of benzene rings is 1. The smallest absolute Gasteiger partial charge is 0.284 e. The molecule has 0 radical (unpaired) electrons. The second-order valence-corrected chi connectivity index (χ2v) is 12.4. The maximum Gasteiger partial charge on any atom is 0.284 e. The number of halogens is 2. The topological polar surface area (TPSA) is 105 Å². The maximum atomic E-state index is 14.2. The van der Waals surface area contributed by atoms with Crippen molar-refractivity contribution in [3.63, 3.8) is 0 Å². The fourth-order valence-corrected chi connectivity index (χ4v) is 6.81. The second kappa shape index (κ2) is 9.25. The van der Waals surface area contributed by atoms with Crippen LogP contribution in [0.25, 0.3) is 0 Å². The van der Waals surface area contributed by atoms with Gasteiger partial charge in [-0.2, -0.15) is 17.6 Å². The molecule has 0 N–H and O–H groups in total. The van der Waals surface area contributed by atoms with Crippen molar-refractivity contribution >= 4 is 37.5 Å². The predicted octanol–water partition coefficient (Wildman–Crippen LogP) is 2.94. The molecule has 1 aliphatic rings. The van der Waals surface area contributed by atoms with Gasteiger partial charge < -0.3 is 4.90 Å². The van der Waals surface area contributed by atoms with Gasteiger partial charge in [0.2, 0.25) is 10.0 Å². The summed E-state index contributed by atoms with van der Waals surface area (Å²) in [7, 11) is -5.57. The van der Waals surface area contributed by atoms with E-state index in [-0.39, 0.29) is 26.5 Å². The Morgan fingerprint density at radius 1 is 1.06 bits per heavy atom. The molecule has 1 aliphatic heterocycles. The third-order valence-corrected chi connectivity index (χ3v) is 9.54. The lowest BCUT2D eigenvalue weighted by Crippen LogP contribution is -2.34. The van der Waals surface area contributed by atoms with Crippen LogP contribution >= 0.6 is 11.6 Å². The third kappa shape index (κ3) is 4.54. The van der Waals surface area contributed by atoms with Gasteiger partial charge in [-0.05, 0) is 37.1 Å². The number of nitrogens with zero attached hydrogens (tertiary/aromatic N) is 5. The van der Waals surface area contributed by atoms with Crippen molar-refractivity contribution < 1.29 is 21.2 Å². The molecule has 0 amide bonds. The van der Waals surface area contributed by atoms with E-state index >= 15 is 0 Å². The first-order valence-corrected chi connectivity index (χ1v) is 13.7. The van der Waals surface area contributed by atoms with E-state index in [9.17, 15) is 21.2 Å². The minimum Gasteiger partial charge on any atom is -0.354 e. The molecule has 0 saturated carbocycles. The van der Waals surface area contributed by atoms with E-state index < -0.39 is 25.9 Å². The zero-order valence-corrected chi connectivity index (χ0v) is 20.9. The summed E-state index contributed by atoms with van der Waals surface area (Å²) in [5.41, 5.74) is 0.570. The van der Waals surface area contributed by atoms with Crippen molar-refractivity contribution in [2.45, 2.75) is 28.6 Å². The molecular weight excluding hydrogens is 505 g/mol. The quantitative estimate of drug-likeness (QED) is 0.485. The van der Waals surface area contributed by atoms with Crippen molar-refractivity contribution in [1.29, 1.82) is 0 Å². The van der Waals surface area contributed by atoms with Gasteiger partial charge in [-0.1, -0.05) is 23.7 Å². The Kier molecular flexibility index (Phi) is 6.69. The molecule has 13 heteroatoms. The van der Waals surface area contributed by atoms with Gasteiger partial charge in [0.15, 0.2) is 11.6 Å². The Morgan fingerprint density at radius 3 is 2.32 bits per heavy atom. The van der Waals surface area contributed by atoms with Gasteiger partial charge in [-0.15, -0.1) is 0 Å². The van der Waals surface area contributed by atoms with Gasteiger partial charge >= 0.3 is 0 Å². The molecule has 182 valence electrons. The van der Waals surface area contributed by atoms with Crippen LogP contribution in [-0.2, 0) is 20.0 Å². The molecule has 0 spiro atoms. The maximum absolute atomic E-state index is 14.2. The van der Waals surface area contributed by atoms with Crippen LogP contribution in [0, 0.1) is 5.82 Å². The van der Waals surface area contributed by atoms with Crippen molar-refractivity contribution in [3.05, 3.63) is 65.3 Å². The van der Waals surface area contributed by atoms with Crippen LogP contribution < -0.4 is 4.90 Å². The number of rotatable bonds is 6. The van der Waals surface area contributed by atoms with E-state index in [1.807, 2.05) is 4.90 Å². The van der Waals surface area contributed by atoms with E-state index in [0.29, 0.717) is 31.6 Å². The zero-order valence-electron chi connectivity index (χ0n) is 18.5. The highest BCUT2D eigenvalue weighted by molar-refractivity contribution is 7.92. The molecule has 0 unspecified atom stereocenters.